The van der Waals surface area contributed by atoms with Crippen LogP contribution in [0.4, 0.5) is 0 Å². The summed E-state index contributed by atoms with van der Waals surface area (Å²) in [6.07, 6.45) is 1.87. The quantitative estimate of drug-likeness (QED) is 0.656. The van der Waals surface area contributed by atoms with E-state index < -0.39 is 18.3 Å². The second kappa shape index (κ2) is 5.80. The van der Waals surface area contributed by atoms with Gasteiger partial charge in [-0.15, -0.1) is 0 Å². The van der Waals surface area contributed by atoms with Crippen LogP contribution in [0.1, 0.15) is 39.4 Å². The summed E-state index contributed by atoms with van der Waals surface area (Å²) in [5.41, 5.74) is 0.740. The summed E-state index contributed by atoms with van der Waals surface area (Å²) >= 11 is 6.66. The molecule has 1 aromatic carbocycles. The van der Waals surface area contributed by atoms with Gasteiger partial charge in [0.25, 0.3) is 0 Å². The van der Waals surface area contributed by atoms with Crippen molar-refractivity contribution in [2.45, 2.75) is 52.4 Å². The third-order valence-electron chi connectivity index (χ3n) is 5.08. The molecule has 2 aromatic heterocycles. The first-order valence-electron chi connectivity index (χ1n) is 8.47. The Balaban J connectivity index is 1.67. The number of hydrogen-bond donors (Lipinski definition) is 0. The van der Waals surface area contributed by atoms with Gasteiger partial charge in [0.1, 0.15) is 6.54 Å². The lowest BCUT2D eigenvalue weighted by molar-refractivity contribution is 0.00578. The van der Waals surface area contributed by atoms with Gasteiger partial charge in [-0.25, -0.2) is 0 Å². The molecule has 1 saturated heterocycles. The van der Waals surface area contributed by atoms with Crippen LogP contribution in [0.25, 0.3) is 10.9 Å². The van der Waals surface area contributed by atoms with Crippen LogP contribution in [0.15, 0.2) is 22.9 Å². The van der Waals surface area contributed by atoms with Gasteiger partial charge in [0.2, 0.25) is 5.89 Å². The third-order valence-corrected chi connectivity index (χ3v) is 5.50. The second-order valence-corrected chi connectivity index (χ2v) is 7.93. The fourth-order valence-corrected chi connectivity index (χ4v) is 3.20. The molecule has 4 rings (SSSR count). The van der Waals surface area contributed by atoms with E-state index in [2.05, 4.69) is 15.2 Å². The highest BCUT2D eigenvalue weighted by Crippen LogP contribution is 2.37. The number of halogens is 1. The minimum atomic E-state index is -0.515. The Bertz CT molecular complexity index is 966. The molecule has 0 N–H and O–H groups in total. The first-order valence-corrected chi connectivity index (χ1v) is 8.84. The molecule has 136 valence electrons. The molecule has 3 aromatic rings. The normalized spacial score (nSPS) is 18.8. The molecule has 0 saturated carbocycles. The van der Waals surface area contributed by atoms with Crippen LogP contribution in [-0.4, -0.2) is 38.2 Å². The summed E-state index contributed by atoms with van der Waals surface area (Å²) in [7, 11) is -0.515. The number of nitrogens with zero attached hydrogens (tertiary/aromatic N) is 4. The molecule has 0 unspecified atom stereocenters. The Labute approximate surface area is 156 Å². The summed E-state index contributed by atoms with van der Waals surface area (Å²) in [6, 6.07) is 3.82. The molecule has 0 aliphatic carbocycles. The van der Waals surface area contributed by atoms with Gasteiger partial charge in [-0.2, -0.15) is 10.1 Å². The van der Waals surface area contributed by atoms with Crippen LogP contribution in [0, 0.1) is 6.92 Å². The van der Waals surface area contributed by atoms with Gasteiger partial charge < -0.3 is 13.8 Å². The SMILES string of the molecule is Cc1noc(Cn2cc3c(Cl)c(B4OC(C)(C)C(C)(C)O4)ccc3n2)n1. The van der Waals surface area contributed by atoms with E-state index in [4.69, 9.17) is 25.4 Å². The summed E-state index contributed by atoms with van der Waals surface area (Å²) in [5, 5.41) is 9.72. The van der Waals surface area contributed by atoms with Crippen molar-refractivity contribution < 1.29 is 13.8 Å². The molecule has 3 heterocycles. The van der Waals surface area contributed by atoms with Gasteiger partial charge in [0.15, 0.2) is 5.82 Å². The first kappa shape index (κ1) is 17.5. The molecule has 26 heavy (non-hydrogen) atoms. The van der Waals surface area contributed by atoms with E-state index in [1.165, 1.54) is 0 Å². The van der Waals surface area contributed by atoms with Crippen molar-refractivity contribution in [3.8, 4) is 0 Å². The Kier molecular flexibility index (Phi) is 3.91. The van der Waals surface area contributed by atoms with Crippen LogP contribution in [-0.2, 0) is 15.9 Å². The first-order chi connectivity index (χ1) is 12.2. The van der Waals surface area contributed by atoms with Gasteiger partial charge in [-0.1, -0.05) is 22.8 Å². The number of aryl methyl sites for hydroxylation is 1. The largest absolute Gasteiger partial charge is 0.496 e. The highest BCUT2D eigenvalue weighted by atomic mass is 35.5. The van der Waals surface area contributed by atoms with Crippen molar-refractivity contribution in [3.63, 3.8) is 0 Å². The van der Waals surface area contributed by atoms with E-state index in [0.717, 1.165) is 16.4 Å². The number of aromatic nitrogens is 4. The van der Waals surface area contributed by atoms with Crippen LogP contribution >= 0.6 is 11.6 Å². The van der Waals surface area contributed by atoms with Crippen molar-refractivity contribution in [3.05, 3.63) is 35.1 Å². The van der Waals surface area contributed by atoms with Gasteiger partial charge in [0, 0.05) is 17.0 Å². The van der Waals surface area contributed by atoms with Crippen LogP contribution in [0.2, 0.25) is 5.02 Å². The van der Waals surface area contributed by atoms with Crippen LogP contribution in [0.3, 0.4) is 0 Å². The monoisotopic (exact) mass is 374 g/mol. The molecule has 0 bridgehead atoms. The van der Waals surface area contributed by atoms with Crippen LogP contribution in [0.5, 0.6) is 0 Å². The van der Waals surface area contributed by atoms with E-state index >= 15 is 0 Å². The smallest absolute Gasteiger partial charge is 0.399 e. The maximum Gasteiger partial charge on any atom is 0.496 e. The predicted molar refractivity (Wildman–Crippen MR) is 98.6 cm³/mol. The summed E-state index contributed by atoms with van der Waals surface area (Å²) in [4.78, 5) is 4.20. The molecule has 0 amide bonds. The molecular weight excluding hydrogens is 354 g/mol. The molecule has 0 atom stereocenters. The maximum atomic E-state index is 6.66. The molecular formula is C17H20BClN4O3. The fourth-order valence-electron chi connectivity index (χ4n) is 2.90. The average Bonchev–Trinajstić information content (AvgIpc) is 3.18. The zero-order valence-corrected chi connectivity index (χ0v) is 16.2. The predicted octanol–water partition coefficient (Wildman–Crippen LogP) is 2.73. The lowest BCUT2D eigenvalue weighted by Gasteiger charge is -2.32. The lowest BCUT2D eigenvalue weighted by atomic mass is 9.78. The maximum absolute atomic E-state index is 6.66. The third kappa shape index (κ3) is 2.82. The molecule has 0 spiro atoms. The average molecular weight is 375 g/mol. The fraction of sp³-hybridized carbons (Fsp3) is 0.471. The highest BCUT2D eigenvalue weighted by Gasteiger charge is 2.52. The van der Waals surface area contributed by atoms with Crippen molar-refractivity contribution in [2.75, 3.05) is 0 Å². The van der Waals surface area contributed by atoms with Crippen molar-refractivity contribution in [2.24, 2.45) is 0 Å². The van der Waals surface area contributed by atoms with E-state index in [0.29, 0.717) is 23.3 Å². The van der Waals surface area contributed by atoms with Crippen LogP contribution < -0.4 is 5.46 Å². The van der Waals surface area contributed by atoms with Gasteiger partial charge in [-0.05, 0) is 40.7 Å². The number of benzene rings is 1. The van der Waals surface area contributed by atoms with Crippen molar-refractivity contribution in [1.29, 1.82) is 0 Å². The molecule has 7 nitrogen and oxygen atoms in total. The molecule has 0 radical (unpaired) electrons. The second-order valence-electron chi connectivity index (χ2n) is 7.55. The van der Waals surface area contributed by atoms with E-state index in [9.17, 15) is 0 Å². The lowest BCUT2D eigenvalue weighted by Crippen LogP contribution is -2.41. The molecule has 1 aliphatic heterocycles. The minimum absolute atomic E-state index is 0.387. The number of fused-ring (bicyclic) bond motifs is 1. The minimum Gasteiger partial charge on any atom is -0.399 e. The number of hydrogen-bond acceptors (Lipinski definition) is 6. The zero-order valence-electron chi connectivity index (χ0n) is 15.4. The topological polar surface area (TPSA) is 75.2 Å². The van der Waals surface area contributed by atoms with E-state index in [1.54, 1.807) is 11.6 Å². The summed E-state index contributed by atoms with van der Waals surface area (Å²) in [6.45, 7) is 10.2. The zero-order chi connectivity index (χ0) is 18.7. The highest BCUT2D eigenvalue weighted by molar-refractivity contribution is 6.66. The molecule has 1 fully saturated rings. The Morgan fingerprint density at radius 1 is 1.15 bits per heavy atom. The Morgan fingerprint density at radius 3 is 2.46 bits per heavy atom. The Morgan fingerprint density at radius 2 is 1.85 bits per heavy atom. The van der Waals surface area contributed by atoms with E-state index in [1.807, 2.05) is 46.0 Å². The Hall–Kier alpha value is -1.90. The number of rotatable bonds is 3. The van der Waals surface area contributed by atoms with Gasteiger partial charge >= 0.3 is 7.12 Å². The van der Waals surface area contributed by atoms with E-state index in [-0.39, 0.29) is 0 Å². The van der Waals surface area contributed by atoms with Crippen molar-refractivity contribution >= 4 is 35.1 Å². The standard InChI is InChI=1S/C17H20BClN4O3/c1-10-20-14(24-22-10)9-23-8-11-13(21-23)7-6-12(15(11)19)18-25-16(2,3)17(4,5)26-18/h6-8H,9H2,1-5H3. The summed E-state index contributed by atoms with van der Waals surface area (Å²) < 4.78 is 19.1. The summed E-state index contributed by atoms with van der Waals surface area (Å²) in [5.74, 6) is 1.09. The van der Waals surface area contributed by atoms with Crippen molar-refractivity contribution in [1.82, 2.24) is 19.9 Å². The molecule has 9 heteroatoms. The molecule has 1 aliphatic rings. The van der Waals surface area contributed by atoms with Gasteiger partial charge in [0.05, 0.1) is 21.7 Å². The van der Waals surface area contributed by atoms with Gasteiger partial charge in [-0.3, -0.25) is 4.68 Å².